The molecule has 0 radical (unpaired) electrons. The van der Waals surface area contributed by atoms with Gasteiger partial charge >= 0.3 is 0 Å². The first-order chi connectivity index (χ1) is 6.11. The summed E-state index contributed by atoms with van der Waals surface area (Å²) in [7, 11) is 1.42. The van der Waals surface area contributed by atoms with Crippen molar-refractivity contribution in [2.24, 2.45) is 0 Å². The summed E-state index contributed by atoms with van der Waals surface area (Å²) >= 11 is 0. The number of hydrogen-bond acceptors (Lipinski definition) is 3. The maximum Gasteiger partial charge on any atom is 0.203 e. The summed E-state index contributed by atoms with van der Waals surface area (Å²) in [5.74, 6) is -3.59. The molecule has 1 aromatic rings. The van der Waals surface area contributed by atoms with Gasteiger partial charge in [0, 0.05) is 7.05 Å². The van der Waals surface area contributed by atoms with Gasteiger partial charge in [0.1, 0.15) is 0 Å². The van der Waals surface area contributed by atoms with Crippen LogP contribution in [0, 0.1) is 11.6 Å². The van der Waals surface area contributed by atoms with E-state index in [1.165, 1.54) is 7.05 Å². The lowest BCUT2D eigenvalue weighted by Crippen LogP contribution is -1.98. The molecular formula is C8H7F2NO2. The van der Waals surface area contributed by atoms with Gasteiger partial charge in [-0.3, -0.25) is 4.79 Å². The fourth-order valence-electron chi connectivity index (χ4n) is 0.912. The SMILES string of the molecule is CNc1cc(C=O)c(F)c(F)c1O. The Morgan fingerprint density at radius 3 is 2.54 bits per heavy atom. The zero-order chi connectivity index (χ0) is 10.0. The molecule has 0 aliphatic carbocycles. The Labute approximate surface area is 73.0 Å². The normalized spacial score (nSPS) is 9.77. The van der Waals surface area contributed by atoms with Gasteiger partial charge in [-0.2, -0.15) is 4.39 Å². The van der Waals surface area contributed by atoms with Crippen LogP contribution in [0.25, 0.3) is 0 Å². The highest BCUT2D eigenvalue weighted by molar-refractivity contribution is 5.79. The van der Waals surface area contributed by atoms with E-state index in [4.69, 9.17) is 5.11 Å². The second-order valence-electron chi connectivity index (χ2n) is 2.36. The van der Waals surface area contributed by atoms with E-state index in [1.54, 1.807) is 0 Å². The average Bonchev–Trinajstić information content (AvgIpc) is 2.15. The molecule has 0 saturated heterocycles. The number of aromatic hydroxyl groups is 1. The van der Waals surface area contributed by atoms with Crippen LogP contribution >= 0.6 is 0 Å². The minimum Gasteiger partial charge on any atom is -0.503 e. The van der Waals surface area contributed by atoms with Crippen LogP contribution in [0.1, 0.15) is 10.4 Å². The minimum atomic E-state index is -1.42. The number of halogens is 2. The van der Waals surface area contributed by atoms with Gasteiger partial charge in [-0.05, 0) is 6.07 Å². The van der Waals surface area contributed by atoms with Crippen LogP contribution in [-0.2, 0) is 0 Å². The maximum absolute atomic E-state index is 12.8. The van der Waals surface area contributed by atoms with E-state index < -0.39 is 22.9 Å². The molecule has 1 aromatic carbocycles. The Morgan fingerprint density at radius 1 is 1.46 bits per heavy atom. The van der Waals surface area contributed by atoms with Gasteiger partial charge in [0.05, 0.1) is 11.3 Å². The Hall–Kier alpha value is -1.65. The number of carbonyl (C=O) groups is 1. The molecule has 0 aromatic heterocycles. The van der Waals surface area contributed by atoms with Gasteiger partial charge in [0.25, 0.3) is 0 Å². The fourth-order valence-corrected chi connectivity index (χ4v) is 0.912. The highest BCUT2D eigenvalue weighted by Gasteiger charge is 2.16. The Morgan fingerprint density at radius 2 is 2.08 bits per heavy atom. The van der Waals surface area contributed by atoms with E-state index >= 15 is 0 Å². The van der Waals surface area contributed by atoms with Gasteiger partial charge in [0.2, 0.25) is 5.82 Å². The third-order valence-electron chi connectivity index (χ3n) is 1.61. The molecular weight excluding hydrogens is 180 g/mol. The van der Waals surface area contributed by atoms with Crippen LogP contribution in [-0.4, -0.2) is 18.4 Å². The van der Waals surface area contributed by atoms with Crippen LogP contribution in [0.4, 0.5) is 14.5 Å². The number of rotatable bonds is 2. The van der Waals surface area contributed by atoms with Crippen LogP contribution < -0.4 is 5.32 Å². The molecule has 5 heteroatoms. The number of hydrogen-bond donors (Lipinski definition) is 2. The highest BCUT2D eigenvalue weighted by Crippen LogP contribution is 2.29. The van der Waals surface area contributed by atoms with Crippen molar-refractivity contribution in [2.45, 2.75) is 0 Å². The molecule has 0 saturated carbocycles. The van der Waals surface area contributed by atoms with Crippen molar-refractivity contribution in [3.8, 4) is 5.75 Å². The zero-order valence-corrected chi connectivity index (χ0v) is 6.77. The average molecular weight is 187 g/mol. The van der Waals surface area contributed by atoms with E-state index in [9.17, 15) is 13.6 Å². The van der Waals surface area contributed by atoms with Crippen LogP contribution in [0.15, 0.2) is 6.07 Å². The molecule has 1 rings (SSSR count). The first-order valence-electron chi connectivity index (χ1n) is 3.45. The summed E-state index contributed by atoms with van der Waals surface area (Å²) < 4.78 is 25.6. The molecule has 0 aliphatic heterocycles. The molecule has 0 atom stereocenters. The Balaban J connectivity index is 3.45. The predicted octanol–water partition coefficient (Wildman–Crippen LogP) is 1.52. The first-order valence-corrected chi connectivity index (χ1v) is 3.45. The van der Waals surface area contributed by atoms with Crippen LogP contribution in [0.2, 0.25) is 0 Å². The third kappa shape index (κ3) is 1.44. The summed E-state index contributed by atoms with van der Waals surface area (Å²) in [4.78, 5) is 10.2. The smallest absolute Gasteiger partial charge is 0.203 e. The maximum atomic E-state index is 12.8. The molecule has 0 aliphatic rings. The monoisotopic (exact) mass is 187 g/mol. The number of aldehydes is 1. The van der Waals surface area contributed by atoms with Crippen molar-refractivity contribution in [1.29, 1.82) is 0 Å². The van der Waals surface area contributed by atoms with Gasteiger partial charge in [-0.25, -0.2) is 4.39 Å². The van der Waals surface area contributed by atoms with Gasteiger partial charge in [-0.1, -0.05) is 0 Å². The summed E-state index contributed by atoms with van der Waals surface area (Å²) in [5, 5.41) is 11.4. The summed E-state index contributed by atoms with van der Waals surface area (Å²) in [5.41, 5.74) is -0.458. The predicted molar refractivity (Wildman–Crippen MR) is 43.0 cm³/mol. The zero-order valence-electron chi connectivity index (χ0n) is 6.77. The number of anilines is 1. The van der Waals surface area contributed by atoms with Crippen molar-refractivity contribution in [1.82, 2.24) is 0 Å². The summed E-state index contributed by atoms with van der Waals surface area (Å²) in [6, 6.07) is 1.03. The standard InChI is InChI=1S/C8H7F2NO2/c1-11-5-2-4(3-12)6(9)7(10)8(5)13/h2-3,11,13H,1H3. The molecule has 0 spiro atoms. The lowest BCUT2D eigenvalue weighted by atomic mass is 10.2. The third-order valence-corrected chi connectivity index (χ3v) is 1.61. The number of phenols is 1. The van der Waals surface area contributed by atoms with E-state index in [0.29, 0.717) is 0 Å². The number of phenolic OH excluding ortho intramolecular Hbond substituents is 1. The van der Waals surface area contributed by atoms with Crippen molar-refractivity contribution < 1.29 is 18.7 Å². The van der Waals surface area contributed by atoms with Crippen LogP contribution in [0.5, 0.6) is 5.75 Å². The highest BCUT2D eigenvalue weighted by atomic mass is 19.2. The fraction of sp³-hybridized carbons (Fsp3) is 0.125. The summed E-state index contributed by atoms with van der Waals surface area (Å²) in [6.45, 7) is 0. The molecule has 0 fully saturated rings. The molecule has 3 nitrogen and oxygen atoms in total. The van der Waals surface area contributed by atoms with Gasteiger partial charge in [0.15, 0.2) is 17.9 Å². The van der Waals surface area contributed by atoms with Crippen molar-refractivity contribution in [3.63, 3.8) is 0 Å². The Bertz CT molecular complexity index is 352. The summed E-state index contributed by atoms with van der Waals surface area (Å²) in [6.07, 6.45) is 0.179. The lowest BCUT2D eigenvalue weighted by Gasteiger charge is -2.06. The minimum absolute atomic E-state index is 0.0269. The Kier molecular flexibility index (Phi) is 2.46. The number of carbonyl (C=O) groups excluding carboxylic acids is 1. The molecule has 0 unspecified atom stereocenters. The molecule has 13 heavy (non-hydrogen) atoms. The second-order valence-corrected chi connectivity index (χ2v) is 2.36. The van der Waals surface area contributed by atoms with E-state index in [0.717, 1.165) is 6.07 Å². The molecule has 0 amide bonds. The molecule has 0 bridgehead atoms. The van der Waals surface area contributed by atoms with Crippen molar-refractivity contribution in [3.05, 3.63) is 23.3 Å². The molecule has 2 N–H and O–H groups in total. The number of benzene rings is 1. The van der Waals surface area contributed by atoms with E-state index in [1.807, 2.05) is 0 Å². The largest absolute Gasteiger partial charge is 0.503 e. The lowest BCUT2D eigenvalue weighted by molar-refractivity contribution is 0.111. The quantitative estimate of drug-likeness (QED) is 0.545. The van der Waals surface area contributed by atoms with E-state index in [2.05, 4.69) is 5.32 Å². The molecule has 0 heterocycles. The van der Waals surface area contributed by atoms with Crippen molar-refractivity contribution in [2.75, 3.05) is 12.4 Å². The second kappa shape index (κ2) is 3.38. The number of nitrogens with one attached hydrogen (secondary N) is 1. The van der Waals surface area contributed by atoms with Crippen LogP contribution in [0.3, 0.4) is 0 Å². The first kappa shape index (κ1) is 9.44. The molecule has 70 valence electrons. The topological polar surface area (TPSA) is 49.3 Å². The van der Waals surface area contributed by atoms with Crippen molar-refractivity contribution >= 4 is 12.0 Å². The van der Waals surface area contributed by atoms with Gasteiger partial charge < -0.3 is 10.4 Å². The van der Waals surface area contributed by atoms with Gasteiger partial charge in [-0.15, -0.1) is 0 Å². The van der Waals surface area contributed by atoms with E-state index in [-0.39, 0.29) is 12.0 Å².